The second-order valence-corrected chi connectivity index (χ2v) is 7.23. The maximum absolute atomic E-state index is 13.0. The van der Waals surface area contributed by atoms with Crippen molar-refractivity contribution in [2.24, 2.45) is 11.8 Å². The van der Waals surface area contributed by atoms with Gasteiger partial charge in [0.2, 0.25) is 11.8 Å². The molecule has 0 aromatic carbocycles. The number of amides is 2. The molecule has 2 aliphatic rings. The van der Waals surface area contributed by atoms with E-state index < -0.39 is 5.54 Å². The molecule has 5 unspecified atom stereocenters. The number of nitrogens with zero attached hydrogens (tertiary/aromatic N) is 1. The molecule has 0 aromatic heterocycles. The number of carbonyl (C=O) groups excluding carboxylic acids is 2. The normalized spacial score (nSPS) is 41.1. The molecule has 2 fully saturated rings. The van der Waals surface area contributed by atoms with Crippen LogP contribution in [0.4, 0.5) is 0 Å². The van der Waals surface area contributed by atoms with Gasteiger partial charge in [-0.05, 0) is 50.9 Å². The zero-order valence-electron chi connectivity index (χ0n) is 14.1. The van der Waals surface area contributed by atoms with Crippen LogP contribution in [-0.4, -0.2) is 34.3 Å². The number of hydrogen-bond donors (Lipinski definition) is 1. The van der Waals surface area contributed by atoms with E-state index in [0.717, 1.165) is 19.3 Å². The Balaban J connectivity index is 2.28. The average molecular weight is 294 g/mol. The van der Waals surface area contributed by atoms with Crippen molar-refractivity contribution in [3.8, 4) is 0 Å². The highest BCUT2D eigenvalue weighted by atomic mass is 16.2. The molecule has 4 nitrogen and oxygen atoms in total. The summed E-state index contributed by atoms with van der Waals surface area (Å²) in [5.41, 5.74) is -0.727. The molecule has 0 bridgehead atoms. The van der Waals surface area contributed by atoms with Gasteiger partial charge in [0.25, 0.3) is 0 Å². The Morgan fingerprint density at radius 1 is 1.19 bits per heavy atom. The molecular formula is C17H30N2O2. The van der Waals surface area contributed by atoms with Gasteiger partial charge in [-0.15, -0.1) is 0 Å². The van der Waals surface area contributed by atoms with E-state index in [1.54, 1.807) is 0 Å². The lowest BCUT2D eigenvalue weighted by Gasteiger charge is -2.49. The van der Waals surface area contributed by atoms with Crippen LogP contribution in [0.1, 0.15) is 66.7 Å². The topological polar surface area (TPSA) is 49.4 Å². The molecule has 1 N–H and O–H groups in total. The van der Waals surface area contributed by atoms with Crippen LogP contribution in [-0.2, 0) is 9.59 Å². The van der Waals surface area contributed by atoms with Crippen LogP contribution in [0.5, 0.6) is 0 Å². The molecule has 1 saturated carbocycles. The minimum absolute atomic E-state index is 0.0210. The van der Waals surface area contributed by atoms with Crippen LogP contribution >= 0.6 is 0 Å². The van der Waals surface area contributed by atoms with Crippen molar-refractivity contribution in [2.75, 3.05) is 0 Å². The van der Waals surface area contributed by atoms with Crippen LogP contribution in [0, 0.1) is 11.8 Å². The highest BCUT2D eigenvalue weighted by Crippen LogP contribution is 2.36. The second-order valence-electron chi connectivity index (χ2n) is 7.23. The fourth-order valence-corrected chi connectivity index (χ4v) is 3.78. The third-order valence-corrected chi connectivity index (χ3v) is 5.80. The first-order chi connectivity index (χ1) is 9.84. The first-order valence-corrected chi connectivity index (χ1v) is 8.48. The molecule has 2 amide bonds. The lowest BCUT2D eigenvalue weighted by molar-refractivity contribution is -0.159. The molecule has 1 heterocycles. The molecule has 4 heteroatoms. The summed E-state index contributed by atoms with van der Waals surface area (Å²) >= 11 is 0. The predicted molar refractivity (Wildman–Crippen MR) is 83.7 cm³/mol. The van der Waals surface area contributed by atoms with Crippen molar-refractivity contribution >= 4 is 11.8 Å². The summed E-state index contributed by atoms with van der Waals surface area (Å²) in [6.45, 7) is 10.4. The summed E-state index contributed by atoms with van der Waals surface area (Å²) in [7, 11) is 0. The molecule has 0 aromatic rings. The Hall–Kier alpha value is -1.06. The third-order valence-electron chi connectivity index (χ3n) is 5.80. The summed E-state index contributed by atoms with van der Waals surface area (Å²) in [5.74, 6) is 1.47. The van der Waals surface area contributed by atoms with Gasteiger partial charge in [-0.1, -0.05) is 27.7 Å². The Bertz CT molecular complexity index is 423. The summed E-state index contributed by atoms with van der Waals surface area (Å²) in [6.07, 6.45) is 4.54. The van der Waals surface area contributed by atoms with Gasteiger partial charge in [-0.2, -0.15) is 0 Å². The van der Waals surface area contributed by atoms with Crippen molar-refractivity contribution in [3.05, 3.63) is 0 Å². The van der Waals surface area contributed by atoms with Gasteiger partial charge in [-0.25, -0.2) is 0 Å². The zero-order chi connectivity index (χ0) is 15.8. The molecule has 1 aliphatic heterocycles. The fraction of sp³-hybridized carbons (Fsp3) is 0.882. The van der Waals surface area contributed by atoms with E-state index in [2.05, 4.69) is 19.2 Å². The van der Waals surface area contributed by atoms with Crippen LogP contribution in [0.3, 0.4) is 0 Å². The quantitative estimate of drug-likeness (QED) is 0.870. The summed E-state index contributed by atoms with van der Waals surface area (Å²) in [4.78, 5) is 27.4. The Morgan fingerprint density at radius 3 is 2.38 bits per heavy atom. The summed E-state index contributed by atoms with van der Waals surface area (Å²) in [6, 6.07) is -0.0618. The number of nitrogens with one attached hydrogen (secondary N) is 1. The molecule has 21 heavy (non-hydrogen) atoms. The first-order valence-electron chi connectivity index (χ1n) is 8.48. The van der Waals surface area contributed by atoms with Gasteiger partial charge in [0.1, 0.15) is 11.6 Å². The third kappa shape index (κ3) is 2.82. The smallest absolute Gasteiger partial charge is 0.248 e. The molecule has 0 spiro atoms. The first kappa shape index (κ1) is 16.3. The second kappa shape index (κ2) is 5.98. The minimum atomic E-state index is -0.727. The van der Waals surface area contributed by atoms with Crippen LogP contribution in [0.25, 0.3) is 0 Å². The van der Waals surface area contributed by atoms with Gasteiger partial charge in [-0.3, -0.25) is 9.59 Å². The Kier molecular flexibility index (Phi) is 4.64. The molecule has 120 valence electrons. The van der Waals surface area contributed by atoms with Crippen LogP contribution in [0.2, 0.25) is 0 Å². The van der Waals surface area contributed by atoms with Gasteiger partial charge in [0.15, 0.2) is 0 Å². The standard InChI is InChI=1S/C17H30N2O2/c1-6-14-15(20)18-17(5,7-2)16(21)19(14)13-9-8-11(3)12(4)10-13/h11-14H,6-10H2,1-5H3,(H,18,20). The molecule has 1 saturated heterocycles. The van der Waals surface area contributed by atoms with E-state index in [1.807, 2.05) is 25.7 Å². The van der Waals surface area contributed by atoms with E-state index in [1.165, 1.54) is 0 Å². The molecule has 0 radical (unpaired) electrons. The van der Waals surface area contributed by atoms with Gasteiger partial charge in [0.05, 0.1) is 0 Å². The van der Waals surface area contributed by atoms with Crippen molar-refractivity contribution in [1.29, 1.82) is 0 Å². The van der Waals surface area contributed by atoms with Crippen molar-refractivity contribution in [3.63, 3.8) is 0 Å². The minimum Gasteiger partial charge on any atom is -0.340 e. The number of carbonyl (C=O) groups is 2. The summed E-state index contributed by atoms with van der Waals surface area (Å²) in [5, 5.41) is 2.95. The Labute approximate surface area is 128 Å². The molecular weight excluding hydrogens is 264 g/mol. The maximum Gasteiger partial charge on any atom is 0.248 e. The van der Waals surface area contributed by atoms with Crippen LogP contribution < -0.4 is 5.32 Å². The molecule has 2 rings (SSSR count). The number of piperazine rings is 1. The van der Waals surface area contributed by atoms with E-state index in [9.17, 15) is 9.59 Å². The monoisotopic (exact) mass is 294 g/mol. The zero-order valence-corrected chi connectivity index (χ0v) is 14.1. The van der Waals surface area contributed by atoms with Crippen LogP contribution in [0.15, 0.2) is 0 Å². The lowest BCUT2D eigenvalue weighted by Crippen LogP contribution is -2.71. The fourth-order valence-electron chi connectivity index (χ4n) is 3.78. The van der Waals surface area contributed by atoms with E-state index >= 15 is 0 Å². The average Bonchev–Trinajstić information content (AvgIpc) is 2.45. The predicted octanol–water partition coefficient (Wildman–Crippen LogP) is 2.72. The van der Waals surface area contributed by atoms with Gasteiger partial charge in [0, 0.05) is 6.04 Å². The maximum atomic E-state index is 13.0. The van der Waals surface area contributed by atoms with Gasteiger partial charge >= 0.3 is 0 Å². The van der Waals surface area contributed by atoms with E-state index in [0.29, 0.717) is 24.7 Å². The van der Waals surface area contributed by atoms with E-state index in [4.69, 9.17) is 0 Å². The van der Waals surface area contributed by atoms with E-state index in [-0.39, 0.29) is 23.9 Å². The highest BCUT2D eigenvalue weighted by Gasteiger charge is 2.49. The molecule has 1 aliphatic carbocycles. The van der Waals surface area contributed by atoms with Crippen molar-refractivity contribution in [1.82, 2.24) is 10.2 Å². The van der Waals surface area contributed by atoms with Crippen molar-refractivity contribution in [2.45, 2.75) is 84.3 Å². The Morgan fingerprint density at radius 2 is 1.86 bits per heavy atom. The SMILES string of the molecule is CCC1C(=O)NC(C)(CC)C(=O)N1C1CCC(C)C(C)C1. The number of rotatable bonds is 3. The molecule has 5 atom stereocenters. The largest absolute Gasteiger partial charge is 0.340 e. The van der Waals surface area contributed by atoms with Gasteiger partial charge < -0.3 is 10.2 Å². The lowest BCUT2D eigenvalue weighted by atomic mass is 9.77. The van der Waals surface area contributed by atoms with Crippen molar-refractivity contribution < 1.29 is 9.59 Å². The number of hydrogen-bond acceptors (Lipinski definition) is 2. The summed E-state index contributed by atoms with van der Waals surface area (Å²) < 4.78 is 0. The highest BCUT2D eigenvalue weighted by molar-refractivity contribution is 5.99.